The molecule has 0 unspecified atom stereocenters. The summed E-state index contributed by atoms with van der Waals surface area (Å²) in [7, 11) is 1.86. The molecule has 1 amide bonds. The molecule has 6 heteroatoms. The molecule has 5 nitrogen and oxygen atoms in total. The summed E-state index contributed by atoms with van der Waals surface area (Å²) in [6, 6.07) is 6.04. The number of anilines is 2. The Kier molecular flexibility index (Phi) is 5.01. The van der Waals surface area contributed by atoms with Crippen LogP contribution in [0.15, 0.2) is 24.4 Å². The van der Waals surface area contributed by atoms with Gasteiger partial charge in [-0.3, -0.25) is 14.4 Å². The van der Waals surface area contributed by atoms with E-state index in [9.17, 15) is 4.79 Å². The van der Waals surface area contributed by atoms with Gasteiger partial charge in [0.2, 0.25) is 0 Å². The van der Waals surface area contributed by atoms with Crippen LogP contribution >= 0.6 is 22.6 Å². The highest BCUT2D eigenvalue weighted by Gasteiger charge is 2.23. The Morgan fingerprint density at radius 1 is 1.12 bits per heavy atom. The molecule has 2 heterocycles. The lowest BCUT2D eigenvalue weighted by Gasteiger charge is -2.24. The van der Waals surface area contributed by atoms with Gasteiger partial charge in [-0.25, -0.2) is 4.98 Å². The number of pyridine rings is 1. The van der Waals surface area contributed by atoms with Gasteiger partial charge in [-0.1, -0.05) is 5.92 Å². The molecule has 2 aromatic heterocycles. The van der Waals surface area contributed by atoms with Crippen molar-refractivity contribution in [2.45, 2.75) is 27.7 Å². The van der Waals surface area contributed by atoms with Crippen molar-refractivity contribution in [1.82, 2.24) is 14.8 Å². The number of hydrogen-bond acceptors (Lipinski definition) is 3. The molecule has 0 fully saturated rings. The second-order valence-corrected chi connectivity index (χ2v) is 7.40. The van der Waals surface area contributed by atoms with Crippen LogP contribution in [-0.4, -0.2) is 20.7 Å². The van der Waals surface area contributed by atoms with Crippen molar-refractivity contribution < 1.29 is 4.79 Å². The zero-order valence-electron chi connectivity index (χ0n) is 15.4. The molecule has 0 N–H and O–H groups in total. The van der Waals surface area contributed by atoms with E-state index in [0.717, 1.165) is 37.0 Å². The molecule has 132 valence electrons. The van der Waals surface area contributed by atoms with E-state index >= 15 is 0 Å². The Labute approximate surface area is 166 Å². The summed E-state index contributed by atoms with van der Waals surface area (Å²) < 4.78 is 2.88. The maximum Gasteiger partial charge on any atom is 0.308 e. The van der Waals surface area contributed by atoms with Crippen LogP contribution < -0.4 is 4.90 Å². The van der Waals surface area contributed by atoms with Crippen LogP contribution in [-0.2, 0) is 11.8 Å². The number of amides is 1. The maximum absolute atomic E-state index is 12.9. The van der Waals surface area contributed by atoms with Crippen LogP contribution in [0, 0.1) is 36.2 Å². The largest absolute Gasteiger partial charge is 0.308 e. The first kappa shape index (κ1) is 18.4. The fraction of sp³-hybridized carbons (Fsp3) is 0.250. The number of aromatic nitrogens is 3. The van der Waals surface area contributed by atoms with E-state index in [1.165, 1.54) is 0 Å². The van der Waals surface area contributed by atoms with Crippen molar-refractivity contribution in [2.75, 3.05) is 4.90 Å². The van der Waals surface area contributed by atoms with Crippen molar-refractivity contribution in [2.24, 2.45) is 7.05 Å². The number of halogens is 1. The highest BCUT2D eigenvalue weighted by atomic mass is 127. The minimum atomic E-state index is -0.296. The van der Waals surface area contributed by atoms with Crippen molar-refractivity contribution in [3.8, 4) is 11.8 Å². The predicted molar refractivity (Wildman–Crippen MR) is 112 cm³/mol. The third-order valence-electron chi connectivity index (χ3n) is 4.13. The number of hydrogen-bond donors (Lipinski definition) is 0. The van der Waals surface area contributed by atoms with E-state index in [4.69, 9.17) is 4.98 Å². The topological polar surface area (TPSA) is 51.0 Å². The molecule has 0 aliphatic carbocycles. The summed E-state index contributed by atoms with van der Waals surface area (Å²) in [5.74, 6) is 5.65. The Morgan fingerprint density at radius 3 is 2.54 bits per heavy atom. The predicted octanol–water partition coefficient (Wildman–Crippen LogP) is 4.19. The van der Waals surface area contributed by atoms with Crippen molar-refractivity contribution in [3.05, 3.63) is 44.7 Å². The van der Waals surface area contributed by atoms with Gasteiger partial charge in [-0.05, 0) is 91.1 Å². The average Bonchev–Trinajstić information content (AvgIpc) is 2.92. The number of benzene rings is 1. The molecular formula is C20H19IN4O. The van der Waals surface area contributed by atoms with Crippen molar-refractivity contribution >= 4 is 51.0 Å². The summed E-state index contributed by atoms with van der Waals surface area (Å²) in [6.45, 7) is 7.62. The van der Waals surface area contributed by atoms with Crippen molar-refractivity contribution in [3.63, 3.8) is 0 Å². The van der Waals surface area contributed by atoms with Gasteiger partial charge in [0.1, 0.15) is 16.9 Å². The zero-order valence-corrected chi connectivity index (χ0v) is 17.5. The first-order chi connectivity index (χ1) is 12.3. The monoisotopic (exact) mass is 458 g/mol. The third-order valence-corrected chi connectivity index (χ3v) is 5.30. The molecule has 0 aliphatic rings. The molecular weight excluding hydrogens is 439 g/mol. The van der Waals surface area contributed by atoms with E-state index in [1.54, 1.807) is 16.5 Å². The number of nitrogens with zero attached hydrogens (tertiary/aromatic N) is 4. The number of carbonyl (C=O) groups is 1. The molecule has 0 aliphatic heterocycles. The van der Waals surface area contributed by atoms with Crippen LogP contribution in [0.25, 0.3) is 11.0 Å². The molecule has 0 spiro atoms. The molecule has 0 atom stereocenters. The van der Waals surface area contributed by atoms with Crippen molar-refractivity contribution in [1.29, 1.82) is 0 Å². The number of rotatable bonds is 2. The third kappa shape index (κ3) is 3.31. The Bertz CT molecular complexity index is 1090. The SMILES string of the molecule is CC#CC(=O)N(c1cc(C)c(I)cc1C)c1nc2cn(C)nc2cc1C. The van der Waals surface area contributed by atoms with E-state index in [2.05, 4.69) is 45.6 Å². The number of fused-ring (bicyclic) bond motifs is 1. The maximum atomic E-state index is 12.9. The van der Waals surface area contributed by atoms with Gasteiger partial charge in [0.25, 0.3) is 0 Å². The Balaban J connectivity index is 2.28. The minimum Gasteiger partial charge on any atom is -0.273 e. The van der Waals surface area contributed by atoms with E-state index in [1.807, 2.05) is 46.1 Å². The summed E-state index contributed by atoms with van der Waals surface area (Å²) in [5, 5.41) is 4.39. The van der Waals surface area contributed by atoms with Gasteiger partial charge in [0.05, 0.1) is 11.9 Å². The molecule has 3 rings (SSSR count). The highest BCUT2D eigenvalue weighted by molar-refractivity contribution is 14.1. The first-order valence-corrected chi connectivity index (χ1v) is 9.24. The minimum absolute atomic E-state index is 0.296. The first-order valence-electron chi connectivity index (χ1n) is 8.16. The van der Waals surface area contributed by atoms with Gasteiger partial charge in [0.15, 0.2) is 0 Å². The normalized spacial score (nSPS) is 10.5. The van der Waals surface area contributed by atoms with Gasteiger partial charge in [-0.15, -0.1) is 0 Å². The molecule has 0 saturated heterocycles. The lowest BCUT2D eigenvalue weighted by atomic mass is 10.1. The van der Waals surface area contributed by atoms with Crippen LogP contribution in [0.4, 0.5) is 11.5 Å². The highest BCUT2D eigenvalue weighted by Crippen LogP contribution is 2.33. The lowest BCUT2D eigenvalue weighted by molar-refractivity contribution is -0.112. The molecule has 0 saturated carbocycles. The Morgan fingerprint density at radius 2 is 1.85 bits per heavy atom. The number of aryl methyl sites for hydroxylation is 4. The van der Waals surface area contributed by atoms with Crippen LogP contribution in [0.2, 0.25) is 0 Å². The van der Waals surface area contributed by atoms with Gasteiger partial charge in [-0.2, -0.15) is 5.10 Å². The summed E-state index contributed by atoms with van der Waals surface area (Å²) in [4.78, 5) is 19.2. The smallest absolute Gasteiger partial charge is 0.273 e. The number of carbonyl (C=O) groups excluding carboxylic acids is 1. The van der Waals surface area contributed by atoms with E-state index in [-0.39, 0.29) is 5.91 Å². The quantitative estimate of drug-likeness (QED) is 0.428. The van der Waals surface area contributed by atoms with Crippen LogP contribution in [0.3, 0.4) is 0 Å². The van der Waals surface area contributed by atoms with Crippen LogP contribution in [0.5, 0.6) is 0 Å². The van der Waals surface area contributed by atoms with Crippen LogP contribution in [0.1, 0.15) is 23.6 Å². The van der Waals surface area contributed by atoms with Gasteiger partial charge < -0.3 is 0 Å². The van der Waals surface area contributed by atoms with E-state index in [0.29, 0.717) is 5.82 Å². The Hall–Kier alpha value is -2.40. The summed E-state index contributed by atoms with van der Waals surface area (Å²) in [6.07, 6.45) is 1.85. The van der Waals surface area contributed by atoms with E-state index < -0.39 is 0 Å². The average molecular weight is 458 g/mol. The molecule has 0 bridgehead atoms. The second-order valence-electron chi connectivity index (χ2n) is 6.24. The molecule has 26 heavy (non-hydrogen) atoms. The fourth-order valence-electron chi connectivity index (χ4n) is 2.87. The molecule has 1 aromatic carbocycles. The summed E-state index contributed by atoms with van der Waals surface area (Å²) >= 11 is 2.30. The second kappa shape index (κ2) is 7.08. The van der Waals surface area contributed by atoms with Gasteiger partial charge in [0, 0.05) is 10.6 Å². The van der Waals surface area contributed by atoms with Gasteiger partial charge >= 0.3 is 5.91 Å². The zero-order chi connectivity index (χ0) is 19.0. The molecule has 3 aromatic rings. The molecule has 0 radical (unpaired) electrons. The lowest BCUT2D eigenvalue weighted by Crippen LogP contribution is -2.27. The standard InChI is InChI=1S/C20H19IN4O/c1-6-7-19(26)25(18-10-12(2)15(21)8-13(18)3)20-14(4)9-16-17(22-20)11-24(5)23-16/h8-11H,1-5H3. The fourth-order valence-corrected chi connectivity index (χ4v) is 3.49. The summed E-state index contributed by atoms with van der Waals surface area (Å²) in [5.41, 5.74) is 5.33.